The maximum Gasteiger partial charge on any atom is 0.422 e. The van der Waals surface area contributed by atoms with Crippen LogP contribution in [0.1, 0.15) is 51.2 Å². The van der Waals surface area contributed by atoms with Gasteiger partial charge in [-0.1, -0.05) is 26.8 Å². The molecule has 0 atom stereocenters. The lowest BCUT2D eigenvalue weighted by Gasteiger charge is -2.36. The van der Waals surface area contributed by atoms with Crippen LogP contribution < -0.4 is 9.33 Å². The Balaban J connectivity index is 2.43. The zero-order chi connectivity index (χ0) is 22.9. The molecule has 1 heterocycles. The minimum Gasteiger partial charge on any atom is -0.543 e. The van der Waals surface area contributed by atoms with Crippen molar-refractivity contribution in [2.24, 2.45) is 0 Å². The monoisotopic (exact) mass is 511 g/mol. The Bertz CT molecular complexity index is 914. The number of carbonyl (C=O) groups excluding carboxylic acids is 2. The van der Waals surface area contributed by atoms with Crippen LogP contribution in [0, 0.1) is 0 Å². The number of carbonyl (C=O) groups is 2. The van der Waals surface area contributed by atoms with Gasteiger partial charge in [0.2, 0.25) is 0 Å². The summed E-state index contributed by atoms with van der Waals surface area (Å²) in [6, 6.07) is 8.69. The van der Waals surface area contributed by atoms with Crippen LogP contribution in [0.25, 0.3) is 0 Å². The Labute approximate surface area is 192 Å². The van der Waals surface area contributed by atoms with Crippen LogP contribution in [-0.2, 0) is 4.74 Å². The number of ether oxygens (including phenoxy) is 1. The van der Waals surface area contributed by atoms with Gasteiger partial charge in [0, 0.05) is 0 Å². The van der Waals surface area contributed by atoms with E-state index in [1.165, 1.54) is 11.3 Å². The Hall–Kier alpha value is -1.64. The molecule has 5 nitrogen and oxygen atoms in total. The topological polar surface area (TPSA) is 55.8 Å². The molecule has 0 bridgehead atoms. The minimum absolute atomic E-state index is 0.0444. The molecule has 0 aliphatic rings. The van der Waals surface area contributed by atoms with Gasteiger partial charge in [-0.15, -0.1) is 11.3 Å². The van der Waals surface area contributed by atoms with Gasteiger partial charge >= 0.3 is 6.09 Å². The molecular formula is C22H30BrNO4SSi. The van der Waals surface area contributed by atoms with Crippen molar-refractivity contribution in [1.82, 2.24) is 0 Å². The second-order valence-corrected chi connectivity index (χ2v) is 16.1. The Morgan fingerprint density at radius 1 is 1.07 bits per heavy atom. The van der Waals surface area contributed by atoms with E-state index < -0.39 is 25.9 Å². The van der Waals surface area contributed by atoms with Crippen LogP contribution in [0.15, 0.2) is 40.2 Å². The average molecular weight is 513 g/mol. The number of benzene rings is 1. The number of halogens is 1. The van der Waals surface area contributed by atoms with Gasteiger partial charge in [-0.05, 0) is 84.5 Å². The summed E-state index contributed by atoms with van der Waals surface area (Å²) in [5, 5.41) is 1.84. The van der Waals surface area contributed by atoms with Gasteiger partial charge in [0.1, 0.15) is 11.4 Å². The van der Waals surface area contributed by atoms with E-state index >= 15 is 0 Å². The molecule has 0 aliphatic heterocycles. The van der Waals surface area contributed by atoms with Gasteiger partial charge in [-0.25, -0.2) is 9.69 Å². The molecule has 1 aromatic carbocycles. The van der Waals surface area contributed by atoms with Crippen molar-refractivity contribution in [3.8, 4) is 5.75 Å². The highest BCUT2D eigenvalue weighted by molar-refractivity contribution is 9.10. The van der Waals surface area contributed by atoms with E-state index in [1.807, 2.05) is 0 Å². The highest BCUT2D eigenvalue weighted by Gasteiger charge is 2.39. The largest absolute Gasteiger partial charge is 0.543 e. The Morgan fingerprint density at radius 3 is 2.17 bits per heavy atom. The molecule has 2 amide bonds. The van der Waals surface area contributed by atoms with E-state index in [0.29, 0.717) is 20.8 Å². The molecule has 0 saturated carbocycles. The Morgan fingerprint density at radius 2 is 1.70 bits per heavy atom. The Kier molecular flexibility index (Phi) is 7.26. The zero-order valence-electron chi connectivity index (χ0n) is 18.8. The fraction of sp³-hybridized carbons (Fsp3) is 0.455. The fourth-order valence-corrected chi connectivity index (χ4v) is 4.55. The molecule has 0 aliphatic carbocycles. The summed E-state index contributed by atoms with van der Waals surface area (Å²) >= 11 is 4.83. The van der Waals surface area contributed by atoms with E-state index in [9.17, 15) is 9.59 Å². The van der Waals surface area contributed by atoms with Crippen molar-refractivity contribution < 1.29 is 18.8 Å². The number of nitrogens with zero attached hydrogens (tertiary/aromatic N) is 1. The quantitative estimate of drug-likeness (QED) is 0.399. The number of hydrogen-bond donors (Lipinski definition) is 0. The van der Waals surface area contributed by atoms with Gasteiger partial charge in [0.25, 0.3) is 14.2 Å². The van der Waals surface area contributed by atoms with Crippen molar-refractivity contribution >= 4 is 53.3 Å². The normalized spacial score (nSPS) is 12.4. The highest BCUT2D eigenvalue weighted by Crippen LogP contribution is 2.40. The van der Waals surface area contributed by atoms with Gasteiger partial charge in [0.15, 0.2) is 0 Å². The molecule has 1 aromatic heterocycles. The summed E-state index contributed by atoms with van der Waals surface area (Å²) in [4.78, 5) is 27.5. The zero-order valence-corrected chi connectivity index (χ0v) is 22.2. The van der Waals surface area contributed by atoms with E-state index in [2.05, 4.69) is 49.8 Å². The molecule has 8 heteroatoms. The molecule has 0 spiro atoms. The predicted octanol–water partition coefficient (Wildman–Crippen LogP) is 7.48. The number of amides is 2. The van der Waals surface area contributed by atoms with E-state index in [4.69, 9.17) is 9.16 Å². The summed E-state index contributed by atoms with van der Waals surface area (Å²) in [5.41, 5.74) is -0.315. The van der Waals surface area contributed by atoms with Crippen LogP contribution in [-0.4, -0.2) is 25.9 Å². The third-order valence-electron chi connectivity index (χ3n) is 4.86. The van der Waals surface area contributed by atoms with Gasteiger partial charge < -0.3 is 9.16 Å². The molecular weight excluding hydrogens is 482 g/mol. The summed E-state index contributed by atoms with van der Waals surface area (Å²) in [6.07, 6.45) is -0.717. The molecule has 2 aromatic rings. The molecule has 0 N–H and O–H groups in total. The van der Waals surface area contributed by atoms with Gasteiger partial charge in [0.05, 0.1) is 15.0 Å². The van der Waals surface area contributed by atoms with Gasteiger partial charge in [-0.2, -0.15) is 0 Å². The summed E-state index contributed by atoms with van der Waals surface area (Å²) in [7, 11) is -2.04. The van der Waals surface area contributed by atoms with E-state index in [0.717, 1.165) is 4.90 Å². The second kappa shape index (κ2) is 8.84. The maximum absolute atomic E-state index is 13.1. The lowest BCUT2D eigenvalue weighted by Crippen LogP contribution is -2.44. The second-order valence-electron chi connectivity index (χ2n) is 9.58. The first-order valence-corrected chi connectivity index (χ1v) is 14.3. The first kappa shape index (κ1) is 24.6. The number of anilines is 1. The minimum atomic E-state index is -2.04. The fourth-order valence-electron chi connectivity index (χ4n) is 2.26. The average Bonchev–Trinajstić information content (AvgIpc) is 3.09. The summed E-state index contributed by atoms with van der Waals surface area (Å²) in [5.74, 6) is 0.266. The third-order valence-corrected chi connectivity index (χ3v) is 10.7. The molecule has 2 rings (SSSR count). The molecule has 0 unspecified atom stereocenters. The van der Waals surface area contributed by atoms with Crippen LogP contribution >= 0.6 is 27.3 Å². The SMILES string of the molecule is CC(C)(C)OC(=O)N(C(=O)c1cccs1)c1ccc(O[Si](C)(C)C(C)(C)C)c(Br)c1. The van der Waals surface area contributed by atoms with Crippen molar-refractivity contribution in [2.45, 2.75) is 65.3 Å². The lowest BCUT2D eigenvalue weighted by atomic mass is 10.2. The van der Waals surface area contributed by atoms with Crippen molar-refractivity contribution in [3.63, 3.8) is 0 Å². The number of rotatable bonds is 4. The van der Waals surface area contributed by atoms with E-state index in [1.54, 1.807) is 56.5 Å². The molecule has 0 saturated heterocycles. The van der Waals surface area contributed by atoms with Crippen molar-refractivity contribution in [3.05, 3.63) is 45.1 Å². The van der Waals surface area contributed by atoms with Crippen LogP contribution in [0.5, 0.6) is 5.75 Å². The van der Waals surface area contributed by atoms with E-state index in [-0.39, 0.29) is 5.04 Å². The first-order valence-electron chi connectivity index (χ1n) is 9.72. The standard InChI is InChI=1S/C22H30BrNO4SSi/c1-21(2,3)27-20(26)24(19(25)18-10-9-13-29-18)15-11-12-17(16(23)14-15)28-30(7,8)22(4,5)6/h9-14H,1-8H3. The molecule has 0 radical (unpaired) electrons. The maximum atomic E-state index is 13.1. The van der Waals surface area contributed by atoms with Crippen LogP contribution in [0.3, 0.4) is 0 Å². The van der Waals surface area contributed by atoms with Crippen LogP contribution in [0.2, 0.25) is 18.1 Å². The van der Waals surface area contributed by atoms with Crippen LogP contribution in [0.4, 0.5) is 10.5 Å². The third kappa shape index (κ3) is 5.95. The smallest absolute Gasteiger partial charge is 0.422 e. The summed E-state index contributed by atoms with van der Waals surface area (Å²) in [6.45, 7) is 16.2. The molecule has 0 fully saturated rings. The predicted molar refractivity (Wildman–Crippen MR) is 129 cm³/mol. The number of thiophene rings is 1. The first-order chi connectivity index (χ1) is 13.6. The number of hydrogen-bond acceptors (Lipinski definition) is 5. The highest BCUT2D eigenvalue weighted by atomic mass is 79.9. The molecule has 164 valence electrons. The summed E-state index contributed by atoms with van der Waals surface area (Å²) < 4.78 is 12.6. The van der Waals surface area contributed by atoms with Gasteiger partial charge in [-0.3, -0.25) is 4.79 Å². The van der Waals surface area contributed by atoms with Crippen molar-refractivity contribution in [1.29, 1.82) is 0 Å². The van der Waals surface area contributed by atoms with Crippen molar-refractivity contribution in [2.75, 3.05) is 4.90 Å². The lowest BCUT2D eigenvalue weighted by molar-refractivity contribution is 0.0565. The number of imide groups is 1. The molecule has 30 heavy (non-hydrogen) atoms.